The van der Waals surface area contributed by atoms with E-state index in [1.807, 2.05) is 0 Å². The Morgan fingerprint density at radius 1 is 0.171 bits per heavy atom. The first kappa shape index (κ1) is 131. The number of hydrogen-bond donors (Lipinski definition) is 0. The van der Waals surface area contributed by atoms with Crippen molar-refractivity contribution < 1.29 is 0 Å². The highest BCUT2D eigenvalue weighted by molar-refractivity contribution is 5.04. The highest BCUT2D eigenvalue weighted by Gasteiger charge is 2.36. The molecule has 0 aromatic rings. The lowest BCUT2D eigenvalue weighted by atomic mass is 9.90. The third kappa shape index (κ3) is 53.5. The van der Waals surface area contributed by atoms with E-state index in [0.29, 0.717) is 0 Å². The van der Waals surface area contributed by atoms with Crippen LogP contribution in [-0.4, -0.2) is 0 Å². The maximum atomic E-state index is 4.00. The van der Waals surface area contributed by atoms with Gasteiger partial charge in [0, 0.05) is 0 Å². The summed E-state index contributed by atoms with van der Waals surface area (Å²) in [5, 5.41) is 0. The van der Waals surface area contributed by atoms with E-state index in [9.17, 15) is 0 Å². The molecule has 0 heteroatoms. The molecule has 0 aromatic heterocycles. The van der Waals surface area contributed by atoms with Gasteiger partial charge >= 0.3 is 0 Å². The van der Waals surface area contributed by atoms with Crippen molar-refractivity contribution in [2.45, 2.75) is 405 Å². The van der Waals surface area contributed by atoms with Crippen LogP contribution in [0.5, 0.6) is 0 Å². The van der Waals surface area contributed by atoms with Gasteiger partial charge in [0.15, 0.2) is 0 Å². The van der Waals surface area contributed by atoms with E-state index in [-0.39, 0.29) is 66.8 Å². The third-order valence-electron chi connectivity index (χ3n) is 27.9. The lowest BCUT2D eigenvalue weighted by Gasteiger charge is -2.15. The molecule has 0 heterocycles. The second-order valence-electron chi connectivity index (χ2n) is 35.7. The van der Waals surface area contributed by atoms with Crippen LogP contribution in [0.25, 0.3) is 0 Å². The van der Waals surface area contributed by atoms with Gasteiger partial charge in [-0.2, -0.15) is 0 Å². The zero-order chi connectivity index (χ0) is 80.3. The fourth-order valence-corrected chi connectivity index (χ4v) is 20.6. The molecule has 0 nitrogen and oxygen atoms in total. The van der Waals surface area contributed by atoms with Crippen LogP contribution < -0.4 is 0 Å². The predicted molar refractivity (Wildman–Crippen MR) is 556 cm³/mol. The molecule has 24 atom stereocenters. The average molecular weight is 1630 g/mol. The van der Waals surface area contributed by atoms with Gasteiger partial charge in [-0.1, -0.05) is 367 Å². The van der Waals surface area contributed by atoms with E-state index in [1.54, 1.807) is 0 Å². The first-order valence-electron chi connectivity index (χ1n) is 46.5. The molecule has 8 aliphatic rings. The number of allylic oxidation sites excluding steroid dienone is 16. The molecule has 0 radical (unpaired) electrons. The van der Waals surface area contributed by atoms with Crippen molar-refractivity contribution in [3.8, 4) is 0 Å². The quantitative estimate of drug-likeness (QED) is 0.0421. The molecular weight excluding hydrogens is 1410 g/mol. The standard InChI is InChI=1S/C17H30.C16H28.C15H26.C14H24.C13H22.C12H20.C11H18.C10H16.9CH4/c1-4-7-8-9-10-11-12-17-14-15(5-2)13-16(17)6-3;1-4-7-8-9-10-11-16-13-14(5-2)12-15(16)6-3;1-4-7-8-9-10-15-12-13(5-2)11-14(15)6-3;1-4-7-8-9-14-11-12(5-2)10-13(14)6-3;1-4-7-8-13-10-11(5-2)9-12(13)6-3;1-4-7-12-9-10(5-2)8-11(12)6-3;1-4-9-7-10(5-2)11(6-3)8-9;1-4-9-6-8(3)10(5-2)7-9;;;;;;;;;/h5-6,15-17H,2-4,7-14H2,1H3;5-6,14-16H,2-4,7-13H2,1H3;5-6,13-15H,2-4,7-12H2,1H3;5-6,12-14H,2-4,7-11H2,1H3;5-6,11-13H,2-4,7-10H2,1H3;5-6,10-12H,2-4,7-9H2,1H3;4-5,9-11H,1-2,6-8H2,3H3;4-5,8-10H,1-2,6-7H2,3H3;9*1H4. The van der Waals surface area contributed by atoms with Gasteiger partial charge in [0.25, 0.3) is 0 Å². The molecule has 0 spiro atoms. The SMILES string of the molecule is C.C.C.C.C.C.C.C.C.C=CC1CC(C)C(C=C)C1.C=CC1CC(C=C)C(CC)C1.C=CC1CC(C=C)C(CCC)C1.C=CC1CC(C=C)C(CCCC)C1.C=CC1CC(C=C)C(CCCCC)C1.C=CC1CC(C=C)C(CCCCCC)C1.C=CC1CC(C=C)C(CCCCCCC)C1.C=CC1CC(C=C)C(CCCCCCCC)C1. The zero-order valence-electron chi connectivity index (χ0n) is 73.5. The Labute approximate surface area is 744 Å². The van der Waals surface area contributed by atoms with Crippen molar-refractivity contribution in [2.75, 3.05) is 0 Å². The molecule has 688 valence electrons. The molecule has 0 N–H and O–H groups in total. The van der Waals surface area contributed by atoms with Gasteiger partial charge < -0.3 is 0 Å². The van der Waals surface area contributed by atoms with Crippen molar-refractivity contribution in [1.82, 2.24) is 0 Å². The van der Waals surface area contributed by atoms with Gasteiger partial charge in [0.05, 0.1) is 0 Å². The average Bonchev–Trinajstić information content (AvgIpc) is 1.75. The molecule has 24 unspecified atom stereocenters. The molecule has 8 fully saturated rings. The summed E-state index contributed by atoms with van der Waals surface area (Å²) in [6.07, 6.45) is 94.1. The fraction of sp³-hybridized carbons (Fsp3) is 0.726. The van der Waals surface area contributed by atoms with E-state index in [4.69, 9.17) is 0 Å². The highest BCUT2D eigenvalue weighted by Crippen LogP contribution is 2.46. The highest BCUT2D eigenvalue weighted by atomic mass is 14.4. The monoisotopic (exact) mass is 1630 g/mol. The Bertz CT molecular complexity index is 2380. The second-order valence-corrected chi connectivity index (χ2v) is 35.7. The molecule has 117 heavy (non-hydrogen) atoms. The molecule has 8 rings (SSSR count). The molecule has 0 aromatic carbocycles. The summed E-state index contributed by atoms with van der Waals surface area (Å²) in [5.41, 5.74) is 0. The first-order chi connectivity index (χ1) is 52.5. The smallest absolute Gasteiger partial charge is 0.0202 e. The molecule has 0 saturated heterocycles. The van der Waals surface area contributed by atoms with Crippen molar-refractivity contribution in [1.29, 1.82) is 0 Å². The summed E-state index contributed by atoms with van der Waals surface area (Å²) < 4.78 is 0. The summed E-state index contributed by atoms with van der Waals surface area (Å²) in [5.74, 6) is 19.1. The Kier molecular flexibility index (Phi) is 94.1. The van der Waals surface area contributed by atoms with E-state index < -0.39 is 0 Å². The van der Waals surface area contributed by atoms with Gasteiger partial charge in [-0.05, 0) is 277 Å². The summed E-state index contributed by atoms with van der Waals surface area (Å²) >= 11 is 0. The number of rotatable bonds is 44. The third-order valence-corrected chi connectivity index (χ3v) is 27.9. The topological polar surface area (TPSA) is 0 Å². The van der Waals surface area contributed by atoms with Gasteiger partial charge in [-0.15, -0.1) is 105 Å². The molecule has 8 aliphatic carbocycles. The van der Waals surface area contributed by atoms with Gasteiger partial charge in [0.1, 0.15) is 0 Å². The number of hydrogen-bond acceptors (Lipinski definition) is 0. The lowest BCUT2D eigenvalue weighted by molar-refractivity contribution is 0.401. The van der Waals surface area contributed by atoms with Crippen LogP contribution in [0.1, 0.15) is 405 Å². The van der Waals surface area contributed by atoms with E-state index >= 15 is 0 Å². The van der Waals surface area contributed by atoms with E-state index in [0.717, 1.165) is 142 Å². The summed E-state index contributed by atoms with van der Waals surface area (Å²) in [6.45, 7) is 80.8. The minimum Gasteiger partial charge on any atom is -0.103 e. The van der Waals surface area contributed by atoms with Gasteiger partial charge in [-0.3, -0.25) is 0 Å². The minimum absolute atomic E-state index is 0. The van der Waals surface area contributed by atoms with Crippen molar-refractivity contribution in [3.63, 3.8) is 0 Å². The molecule has 0 aliphatic heterocycles. The summed E-state index contributed by atoms with van der Waals surface area (Å²) in [4.78, 5) is 0. The molecular formula is C117H220. The van der Waals surface area contributed by atoms with Crippen LogP contribution in [0.15, 0.2) is 202 Å². The molecule has 0 amide bonds. The Morgan fingerprint density at radius 2 is 0.342 bits per heavy atom. The van der Waals surface area contributed by atoms with Crippen LogP contribution in [0, 0.1) is 142 Å². The van der Waals surface area contributed by atoms with Crippen molar-refractivity contribution in [3.05, 3.63) is 202 Å². The largest absolute Gasteiger partial charge is 0.103 e. The normalized spacial score (nSPS) is 29.9. The second kappa shape index (κ2) is 84.1. The zero-order valence-corrected chi connectivity index (χ0v) is 73.5. The van der Waals surface area contributed by atoms with Crippen LogP contribution >= 0.6 is 0 Å². The van der Waals surface area contributed by atoms with Crippen LogP contribution in [0.2, 0.25) is 0 Å². The van der Waals surface area contributed by atoms with E-state index in [1.165, 1.54) is 283 Å². The predicted octanol–water partition coefficient (Wildman–Crippen LogP) is 40.8. The minimum atomic E-state index is 0. The Balaban J connectivity index is -0.000000162. The fourth-order valence-electron chi connectivity index (χ4n) is 20.6. The van der Waals surface area contributed by atoms with E-state index in [2.05, 4.69) is 258 Å². The Morgan fingerprint density at radius 3 is 0.538 bits per heavy atom. The van der Waals surface area contributed by atoms with Crippen molar-refractivity contribution in [2.24, 2.45) is 142 Å². The summed E-state index contributed by atoms with van der Waals surface area (Å²) in [6, 6.07) is 0. The number of unbranched alkanes of at least 4 members (excludes halogenated alkanes) is 15. The van der Waals surface area contributed by atoms with Gasteiger partial charge in [0.2, 0.25) is 0 Å². The first-order valence-corrected chi connectivity index (χ1v) is 46.5. The van der Waals surface area contributed by atoms with Crippen molar-refractivity contribution >= 4 is 0 Å². The lowest BCUT2D eigenvalue weighted by Crippen LogP contribution is -2.04. The maximum Gasteiger partial charge on any atom is -0.0202 e. The van der Waals surface area contributed by atoms with Gasteiger partial charge in [-0.25, -0.2) is 0 Å². The maximum absolute atomic E-state index is 4.00. The molecule has 8 saturated carbocycles. The van der Waals surface area contributed by atoms with Crippen LogP contribution in [-0.2, 0) is 0 Å². The van der Waals surface area contributed by atoms with Crippen LogP contribution in [0.4, 0.5) is 0 Å². The molecule has 0 bridgehead atoms. The van der Waals surface area contributed by atoms with Crippen LogP contribution in [0.3, 0.4) is 0 Å². The Hall–Kier alpha value is -4.16. The summed E-state index contributed by atoms with van der Waals surface area (Å²) in [7, 11) is 0.